The van der Waals surface area contributed by atoms with Gasteiger partial charge in [-0.15, -0.1) is 6.42 Å². The van der Waals surface area contributed by atoms with Crippen molar-refractivity contribution in [3.63, 3.8) is 0 Å². The standard InChI is InChI=1S/C13H12FNO2/c1-3-8-15(2)12-6-5-11(14)9-10(12)4-7-13(16)17/h1,4-7,9H,8H2,2H3,(H,16,17)/b7-4+. The normalized spacial score (nSPS) is 10.2. The fourth-order valence-electron chi connectivity index (χ4n) is 1.39. The minimum Gasteiger partial charge on any atom is -0.478 e. The maximum Gasteiger partial charge on any atom is 0.328 e. The Kier molecular flexibility index (Phi) is 4.29. The molecule has 0 aliphatic rings. The molecule has 1 rings (SSSR count). The van der Waals surface area contributed by atoms with Gasteiger partial charge in [0.05, 0.1) is 6.54 Å². The maximum absolute atomic E-state index is 13.1. The van der Waals surface area contributed by atoms with Gasteiger partial charge in [0.25, 0.3) is 0 Å². The van der Waals surface area contributed by atoms with E-state index >= 15 is 0 Å². The molecule has 17 heavy (non-hydrogen) atoms. The predicted molar refractivity (Wildman–Crippen MR) is 65.2 cm³/mol. The summed E-state index contributed by atoms with van der Waals surface area (Å²) < 4.78 is 13.1. The van der Waals surface area contributed by atoms with E-state index in [4.69, 9.17) is 11.5 Å². The van der Waals surface area contributed by atoms with Crippen LogP contribution in [0, 0.1) is 18.2 Å². The molecule has 0 amide bonds. The number of nitrogens with zero attached hydrogens (tertiary/aromatic N) is 1. The fourth-order valence-corrected chi connectivity index (χ4v) is 1.39. The van der Waals surface area contributed by atoms with Crippen LogP contribution in [0.1, 0.15) is 5.56 Å². The Morgan fingerprint density at radius 2 is 2.35 bits per heavy atom. The van der Waals surface area contributed by atoms with Gasteiger partial charge in [0.1, 0.15) is 5.82 Å². The molecular formula is C13H12FNO2. The molecular weight excluding hydrogens is 221 g/mol. The van der Waals surface area contributed by atoms with Gasteiger partial charge in [-0.2, -0.15) is 0 Å². The van der Waals surface area contributed by atoms with Gasteiger partial charge in [-0.25, -0.2) is 9.18 Å². The number of carboxylic acid groups (broad SMARTS) is 1. The van der Waals surface area contributed by atoms with E-state index in [2.05, 4.69) is 5.92 Å². The number of hydrogen-bond acceptors (Lipinski definition) is 2. The molecule has 0 aliphatic carbocycles. The van der Waals surface area contributed by atoms with Crippen LogP contribution in [0.4, 0.5) is 10.1 Å². The Bertz CT molecular complexity index is 489. The van der Waals surface area contributed by atoms with Gasteiger partial charge < -0.3 is 10.0 Å². The van der Waals surface area contributed by atoms with Crippen molar-refractivity contribution in [1.82, 2.24) is 0 Å². The highest BCUT2D eigenvalue weighted by Crippen LogP contribution is 2.21. The molecule has 0 bridgehead atoms. The van der Waals surface area contributed by atoms with E-state index in [1.165, 1.54) is 18.2 Å². The summed E-state index contributed by atoms with van der Waals surface area (Å²) in [5.41, 5.74) is 1.16. The largest absolute Gasteiger partial charge is 0.478 e. The zero-order valence-corrected chi connectivity index (χ0v) is 9.35. The Balaban J connectivity index is 3.12. The van der Waals surface area contributed by atoms with E-state index < -0.39 is 11.8 Å². The summed E-state index contributed by atoms with van der Waals surface area (Å²) in [6.07, 6.45) is 7.49. The number of rotatable bonds is 4. The van der Waals surface area contributed by atoms with Gasteiger partial charge in [-0.3, -0.25) is 0 Å². The van der Waals surface area contributed by atoms with E-state index in [9.17, 15) is 9.18 Å². The molecule has 0 saturated carbocycles. The third-order valence-electron chi connectivity index (χ3n) is 2.13. The lowest BCUT2D eigenvalue weighted by molar-refractivity contribution is -0.131. The SMILES string of the molecule is C#CCN(C)c1ccc(F)cc1/C=C/C(=O)O. The smallest absolute Gasteiger partial charge is 0.328 e. The molecule has 0 saturated heterocycles. The quantitative estimate of drug-likeness (QED) is 0.638. The van der Waals surface area contributed by atoms with Crippen molar-refractivity contribution in [2.75, 3.05) is 18.5 Å². The summed E-state index contributed by atoms with van der Waals surface area (Å²) >= 11 is 0. The van der Waals surface area contributed by atoms with E-state index in [0.29, 0.717) is 17.8 Å². The Morgan fingerprint density at radius 1 is 1.65 bits per heavy atom. The van der Waals surface area contributed by atoms with Gasteiger partial charge in [0.15, 0.2) is 0 Å². The summed E-state index contributed by atoms with van der Waals surface area (Å²) in [7, 11) is 1.76. The van der Waals surface area contributed by atoms with Crippen LogP contribution in [0.5, 0.6) is 0 Å². The third-order valence-corrected chi connectivity index (χ3v) is 2.13. The minimum atomic E-state index is -1.08. The first-order valence-electron chi connectivity index (χ1n) is 4.89. The number of carbonyl (C=O) groups is 1. The van der Waals surface area contributed by atoms with Crippen LogP contribution >= 0.6 is 0 Å². The molecule has 3 nitrogen and oxygen atoms in total. The van der Waals surface area contributed by atoms with Gasteiger partial charge in [0, 0.05) is 24.4 Å². The maximum atomic E-state index is 13.1. The first-order chi connectivity index (χ1) is 8.04. The molecule has 1 N–H and O–H groups in total. The van der Waals surface area contributed by atoms with E-state index in [0.717, 1.165) is 6.08 Å². The molecule has 4 heteroatoms. The Hall–Kier alpha value is -2.28. The second-order valence-corrected chi connectivity index (χ2v) is 3.43. The van der Waals surface area contributed by atoms with Crippen LogP contribution < -0.4 is 4.90 Å². The second-order valence-electron chi connectivity index (χ2n) is 3.43. The molecule has 0 spiro atoms. The number of aliphatic carboxylic acids is 1. The third kappa shape index (κ3) is 3.65. The fraction of sp³-hybridized carbons (Fsp3) is 0.154. The molecule has 0 atom stereocenters. The number of halogens is 1. The lowest BCUT2D eigenvalue weighted by Crippen LogP contribution is -2.18. The molecule has 0 unspecified atom stereocenters. The minimum absolute atomic E-state index is 0.361. The van der Waals surface area contributed by atoms with Crippen LogP contribution in [-0.4, -0.2) is 24.7 Å². The number of terminal acetylenes is 1. The molecule has 0 heterocycles. The molecule has 1 aromatic carbocycles. The zero-order valence-electron chi connectivity index (χ0n) is 9.35. The van der Waals surface area contributed by atoms with Crippen molar-refractivity contribution in [2.24, 2.45) is 0 Å². The number of carboxylic acids is 1. The van der Waals surface area contributed by atoms with Gasteiger partial charge in [-0.05, 0) is 24.3 Å². The van der Waals surface area contributed by atoms with Crippen molar-refractivity contribution in [1.29, 1.82) is 0 Å². The lowest BCUT2D eigenvalue weighted by Gasteiger charge is -2.18. The van der Waals surface area contributed by atoms with Crippen LogP contribution in [0.2, 0.25) is 0 Å². The molecule has 88 valence electrons. The predicted octanol–water partition coefficient (Wildman–Crippen LogP) is 1.99. The van der Waals surface area contributed by atoms with Crippen LogP contribution in [0.25, 0.3) is 6.08 Å². The van der Waals surface area contributed by atoms with E-state index in [1.54, 1.807) is 18.0 Å². The van der Waals surface area contributed by atoms with Crippen molar-refractivity contribution >= 4 is 17.7 Å². The summed E-state index contributed by atoms with van der Waals surface area (Å²) in [5, 5.41) is 8.55. The van der Waals surface area contributed by atoms with Gasteiger partial charge in [0.2, 0.25) is 0 Å². The van der Waals surface area contributed by atoms with Crippen LogP contribution in [0.15, 0.2) is 24.3 Å². The van der Waals surface area contributed by atoms with Crippen LogP contribution in [-0.2, 0) is 4.79 Å². The monoisotopic (exact) mass is 233 g/mol. The first-order valence-corrected chi connectivity index (χ1v) is 4.89. The lowest BCUT2D eigenvalue weighted by atomic mass is 10.1. The molecule has 1 aromatic rings. The van der Waals surface area contributed by atoms with Crippen molar-refractivity contribution in [2.45, 2.75) is 0 Å². The van der Waals surface area contributed by atoms with Crippen molar-refractivity contribution in [3.8, 4) is 12.3 Å². The molecule has 0 fully saturated rings. The number of anilines is 1. The van der Waals surface area contributed by atoms with Crippen molar-refractivity contribution < 1.29 is 14.3 Å². The highest BCUT2D eigenvalue weighted by Gasteiger charge is 2.06. The Labute approximate surface area is 99.2 Å². The van der Waals surface area contributed by atoms with Crippen LogP contribution in [0.3, 0.4) is 0 Å². The first kappa shape index (κ1) is 12.8. The number of benzene rings is 1. The van der Waals surface area contributed by atoms with Crippen molar-refractivity contribution in [3.05, 3.63) is 35.7 Å². The average molecular weight is 233 g/mol. The second kappa shape index (κ2) is 5.71. The Morgan fingerprint density at radius 3 is 2.94 bits per heavy atom. The summed E-state index contributed by atoms with van der Waals surface area (Å²) in [6, 6.07) is 4.14. The summed E-state index contributed by atoms with van der Waals surface area (Å²) in [6.45, 7) is 0.361. The van der Waals surface area contributed by atoms with Gasteiger partial charge in [-0.1, -0.05) is 5.92 Å². The topological polar surface area (TPSA) is 40.5 Å². The average Bonchev–Trinajstić information content (AvgIpc) is 2.26. The molecule has 0 aromatic heterocycles. The molecule has 0 aliphatic heterocycles. The zero-order chi connectivity index (χ0) is 12.8. The van der Waals surface area contributed by atoms with E-state index in [-0.39, 0.29) is 0 Å². The van der Waals surface area contributed by atoms with E-state index in [1.807, 2.05) is 0 Å². The number of hydrogen-bond donors (Lipinski definition) is 1. The summed E-state index contributed by atoms with van der Waals surface area (Å²) in [5.74, 6) is 0.958. The molecule has 0 radical (unpaired) electrons. The highest BCUT2D eigenvalue weighted by molar-refractivity contribution is 5.87. The summed E-state index contributed by atoms with van der Waals surface area (Å²) in [4.78, 5) is 12.2. The van der Waals surface area contributed by atoms with Gasteiger partial charge >= 0.3 is 5.97 Å². The highest BCUT2D eigenvalue weighted by atomic mass is 19.1.